The number of nitrogens with zero attached hydrogens (tertiary/aromatic N) is 1. The minimum Gasteiger partial charge on any atom is -0.477 e. The monoisotopic (exact) mass is 178 g/mol. The molecule has 0 amide bonds. The van der Waals surface area contributed by atoms with Crippen LogP contribution in [0.2, 0.25) is 0 Å². The predicted molar refractivity (Wildman–Crippen MR) is 54.1 cm³/mol. The van der Waals surface area contributed by atoms with Crippen molar-refractivity contribution in [3.63, 3.8) is 0 Å². The third-order valence-corrected chi connectivity index (χ3v) is 1.55. The number of hydrogen-bond donors (Lipinski definition) is 1. The smallest absolute Gasteiger partial charge is 0.215 e. The fraction of sp³-hybridized carbons (Fsp3) is 0.300. The Kier molecular flexibility index (Phi) is 3.82. The van der Waals surface area contributed by atoms with Crippen molar-refractivity contribution in [2.24, 2.45) is 0 Å². The van der Waals surface area contributed by atoms with Gasteiger partial charge in [0.05, 0.1) is 6.61 Å². The first-order valence-corrected chi connectivity index (χ1v) is 4.25. The molecule has 0 aliphatic carbocycles. The molecule has 1 rings (SSSR count). The SMILES string of the molecule is C=CCCOc1cccc(NC)n1. The molecule has 1 heterocycles. The van der Waals surface area contributed by atoms with E-state index in [0.29, 0.717) is 12.5 Å². The van der Waals surface area contributed by atoms with Gasteiger partial charge in [-0.3, -0.25) is 0 Å². The van der Waals surface area contributed by atoms with E-state index < -0.39 is 0 Å². The maximum absolute atomic E-state index is 5.37. The Morgan fingerprint density at radius 2 is 2.46 bits per heavy atom. The number of rotatable bonds is 5. The molecule has 0 spiro atoms. The van der Waals surface area contributed by atoms with Crippen molar-refractivity contribution in [1.29, 1.82) is 0 Å². The molecule has 0 fully saturated rings. The molecule has 0 aromatic carbocycles. The van der Waals surface area contributed by atoms with Crippen LogP contribution >= 0.6 is 0 Å². The van der Waals surface area contributed by atoms with Gasteiger partial charge >= 0.3 is 0 Å². The first-order valence-electron chi connectivity index (χ1n) is 4.25. The van der Waals surface area contributed by atoms with Crippen molar-refractivity contribution < 1.29 is 4.74 Å². The van der Waals surface area contributed by atoms with E-state index in [0.717, 1.165) is 12.2 Å². The summed E-state index contributed by atoms with van der Waals surface area (Å²) in [5.74, 6) is 1.46. The van der Waals surface area contributed by atoms with Gasteiger partial charge in [-0.05, 0) is 12.5 Å². The molecule has 0 unspecified atom stereocenters. The Bertz CT molecular complexity index is 273. The number of aromatic nitrogens is 1. The Morgan fingerprint density at radius 3 is 3.15 bits per heavy atom. The van der Waals surface area contributed by atoms with Gasteiger partial charge in [0.2, 0.25) is 5.88 Å². The minimum atomic E-state index is 0.629. The van der Waals surface area contributed by atoms with E-state index in [-0.39, 0.29) is 0 Å². The van der Waals surface area contributed by atoms with Crippen molar-refractivity contribution in [1.82, 2.24) is 4.98 Å². The molecular weight excluding hydrogens is 164 g/mol. The highest BCUT2D eigenvalue weighted by molar-refractivity contribution is 5.35. The lowest BCUT2D eigenvalue weighted by atomic mass is 10.4. The molecule has 0 radical (unpaired) electrons. The number of ether oxygens (including phenoxy) is 1. The molecule has 0 bridgehead atoms. The summed E-state index contributed by atoms with van der Waals surface area (Å²) < 4.78 is 5.37. The molecule has 1 N–H and O–H groups in total. The molecule has 70 valence electrons. The fourth-order valence-electron chi connectivity index (χ4n) is 0.881. The van der Waals surface area contributed by atoms with Crippen LogP contribution in [0.4, 0.5) is 5.82 Å². The van der Waals surface area contributed by atoms with Crippen molar-refractivity contribution in [2.45, 2.75) is 6.42 Å². The Balaban J connectivity index is 2.50. The highest BCUT2D eigenvalue weighted by Crippen LogP contribution is 2.10. The van der Waals surface area contributed by atoms with Gasteiger partial charge in [0.15, 0.2) is 0 Å². The van der Waals surface area contributed by atoms with E-state index in [1.807, 2.05) is 31.3 Å². The summed E-state index contributed by atoms with van der Waals surface area (Å²) in [6.07, 6.45) is 2.66. The normalized spacial score (nSPS) is 9.31. The fourth-order valence-corrected chi connectivity index (χ4v) is 0.881. The summed E-state index contributed by atoms with van der Waals surface area (Å²) in [7, 11) is 1.83. The summed E-state index contributed by atoms with van der Waals surface area (Å²) in [6.45, 7) is 4.24. The molecule has 0 saturated heterocycles. The molecule has 0 saturated carbocycles. The van der Waals surface area contributed by atoms with Crippen LogP contribution in [-0.2, 0) is 0 Å². The van der Waals surface area contributed by atoms with Gasteiger partial charge in [-0.15, -0.1) is 6.58 Å². The maximum Gasteiger partial charge on any atom is 0.215 e. The quantitative estimate of drug-likeness (QED) is 0.553. The number of anilines is 1. The Morgan fingerprint density at radius 1 is 1.62 bits per heavy atom. The third-order valence-electron chi connectivity index (χ3n) is 1.55. The van der Waals surface area contributed by atoms with E-state index in [9.17, 15) is 0 Å². The van der Waals surface area contributed by atoms with Crippen LogP contribution < -0.4 is 10.1 Å². The Hall–Kier alpha value is -1.51. The lowest BCUT2D eigenvalue weighted by Gasteiger charge is -2.04. The second kappa shape index (κ2) is 5.19. The van der Waals surface area contributed by atoms with Crippen LogP contribution in [0.3, 0.4) is 0 Å². The van der Waals surface area contributed by atoms with Crippen LogP contribution in [0.15, 0.2) is 30.9 Å². The van der Waals surface area contributed by atoms with Gasteiger partial charge in [0, 0.05) is 13.1 Å². The van der Waals surface area contributed by atoms with Crippen LogP contribution in [0, 0.1) is 0 Å². The van der Waals surface area contributed by atoms with Crippen LogP contribution in [0.25, 0.3) is 0 Å². The van der Waals surface area contributed by atoms with Crippen LogP contribution in [0.5, 0.6) is 5.88 Å². The lowest BCUT2D eigenvalue weighted by Crippen LogP contribution is -1.99. The topological polar surface area (TPSA) is 34.1 Å². The van der Waals surface area contributed by atoms with E-state index >= 15 is 0 Å². The standard InChI is InChI=1S/C10H14N2O/c1-3-4-8-13-10-7-5-6-9(11-2)12-10/h3,5-7H,1,4,8H2,2H3,(H,11,12). The highest BCUT2D eigenvalue weighted by atomic mass is 16.5. The summed E-state index contributed by atoms with van der Waals surface area (Å²) >= 11 is 0. The summed E-state index contributed by atoms with van der Waals surface area (Å²) in [6, 6.07) is 5.63. The van der Waals surface area contributed by atoms with E-state index in [2.05, 4.69) is 16.9 Å². The second-order valence-electron chi connectivity index (χ2n) is 2.54. The molecule has 1 aromatic rings. The zero-order valence-corrected chi connectivity index (χ0v) is 7.79. The van der Waals surface area contributed by atoms with Crippen molar-refractivity contribution in [3.05, 3.63) is 30.9 Å². The van der Waals surface area contributed by atoms with Crippen molar-refractivity contribution in [3.8, 4) is 5.88 Å². The molecular formula is C10H14N2O. The lowest BCUT2D eigenvalue weighted by molar-refractivity contribution is 0.313. The van der Waals surface area contributed by atoms with Crippen LogP contribution in [0.1, 0.15) is 6.42 Å². The van der Waals surface area contributed by atoms with Gasteiger partial charge in [-0.2, -0.15) is 4.98 Å². The van der Waals surface area contributed by atoms with Crippen molar-refractivity contribution in [2.75, 3.05) is 19.0 Å². The van der Waals surface area contributed by atoms with Gasteiger partial charge in [-0.1, -0.05) is 12.1 Å². The zero-order valence-electron chi connectivity index (χ0n) is 7.79. The summed E-state index contributed by atoms with van der Waals surface area (Å²) in [5, 5.41) is 2.95. The van der Waals surface area contributed by atoms with Gasteiger partial charge < -0.3 is 10.1 Å². The molecule has 0 aliphatic heterocycles. The average Bonchev–Trinajstić information content (AvgIpc) is 2.19. The average molecular weight is 178 g/mol. The number of nitrogens with one attached hydrogen (secondary N) is 1. The largest absolute Gasteiger partial charge is 0.477 e. The third kappa shape index (κ3) is 3.15. The molecule has 3 heteroatoms. The molecule has 3 nitrogen and oxygen atoms in total. The molecule has 1 aromatic heterocycles. The first kappa shape index (κ1) is 9.58. The number of pyridine rings is 1. The van der Waals surface area contributed by atoms with Gasteiger partial charge in [0.25, 0.3) is 0 Å². The van der Waals surface area contributed by atoms with E-state index in [1.54, 1.807) is 0 Å². The minimum absolute atomic E-state index is 0.629. The second-order valence-corrected chi connectivity index (χ2v) is 2.54. The van der Waals surface area contributed by atoms with Crippen LogP contribution in [-0.4, -0.2) is 18.6 Å². The Labute approximate surface area is 78.4 Å². The van der Waals surface area contributed by atoms with Gasteiger partial charge in [0.1, 0.15) is 5.82 Å². The van der Waals surface area contributed by atoms with Crippen molar-refractivity contribution >= 4 is 5.82 Å². The predicted octanol–water partition coefficient (Wildman–Crippen LogP) is 2.08. The van der Waals surface area contributed by atoms with Gasteiger partial charge in [-0.25, -0.2) is 0 Å². The summed E-state index contributed by atoms with van der Waals surface area (Å²) in [5.41, 5.74) is 0. The highest BCUT2D eigenvalue weighted by Gasteiger charge is 1.95. The first-order chi connectivity index (χ1) is 6.36. The maximum atomic E-state index is 5.37. The number of hydrogen-bond acceptors (Lipinski definition) is 3. The van der Waals surface area contributed by atoms with E-state index in [1.165, 1.54) is 0 Å². The molecule has 13 heavy (non-hydrogen) atoms. The zero-order chi connectivity index (χ0) is 9.52. The van der Waals surface area contributed by atoms with E-state index in [4.69, 9.17) is 4.74 Å². The molecule has 0 aliphatic rings. The summed E-state index contributed by atoms with van der Waals surface area (Å²) in [4.78, 5) is 4.20. The molecule has 0 atom stereocenters.